The Morgan fingerprint density at radius 1 is 1.62 bits per heavy atom. The maximum atomic E-state index is 11.5. The highest BCUT2D eigenvalue weighted by molar-refractivity contribution is 9.09. The highest BCUT2D eigenvalue weighted by Gasteiger charge is 2.24. The molecule has 0 amide bonds. The Balaban J connectivity index is 3.46. The van der Waals surface area contributed by atoms with Crippen LogP contribution in [0.3, 0.4) is 0 Å². The molecule has 0 bridgehead atoms. The van der Waals surface area contributed by atoms with Crippen molar-refractivity contribution in [2.45, 2.75) is 0 Å². The van der Waals surface area contributed by atoms with Crippen LogP contribution in [0, 0.1) is 10.1 Å². The molecular weight excluding hydrogens is 301 g/mol. The van der Waals surface area contributed by atoms with Crippen LogP contribution in [-0.4, -0.2) is 23.1 Å². The van der Waals surface area contributed by atoms with Crippen molar-refractivity contribution >= 4 is 39.0 Å². The number of carbonyl (C=O) groups excluding carboxylic acids is 1. The third-order valence-electron chi connectivity index (χ3n) is 1.88. The summed E-state index contributed by atoms with van der Waals surface area (Å²) in [6.07, 6.45) is 0. The van der Waals surface area contributed by atoms with E-state index < -0.39 is 16.4 Å². The molecule has 0 unspecified atom stereocenters. The molecule has 1 rings (SSSR count). The predicted molar refractivity (Wildman–Crippen MR) is 62.8 cm³/mol. The summed E-state index contributed by atoms with van der Waals surface area (Å²) in [5.74, 6) is -0.118. The lowest BCUT2D eigenvalue weighted by atomic mass is 10.1. The first-order chi connectivity index (χ1) is 7.51. The Morgan fingerprint density at radius 3 is 2.69 bits per heavy atom. The monoisotopic (exact) mass is 307 g/mol. The van der Waals surface area contributed by atoms with Gasteiger partial charge in [-0.15, -0.1) is 0 Å². The third kappa shape index (κ3) is 2.51. The molecule has 0 aliphatic heterocycles. The summed E-state index contributed by atoms with van der Waals surface area (Å²) in [4.78, 5) is 21.6. The molecule has 0 heterocycles. The number of rotatable bonds is 4. The number of ketones is 1. The van der Waals surface area contributed by atoms with Gasteiger partial charge in [0.2, 0.25) is 0 Å². The summed E-state index contributed by atoms with van der Waals surface area (Å²) in [5.41, 5.74) is -0.460. The number of nitrogens with zero attached hydrogens (tertiary/aromatic N) is 1. The summed E-state index contributed by atoms with van der Waals surface area (Å²) in [5, 5.41) is 10.6. The molecule has 7 heteroatoms. The third-order valence-corrected chi connectivity index (χ3v) is 2.67. The summed E-state index contributed by atoms with van der Waals surface area (Å²) in [6, 6.07) is 2.60. The second-order valence-electron chi connectivity index (χ2n) is 2.82. The number of benzene rings is 1. The van der Waals surface area contributed by atoms with Crippen molar-refractivity contribution in [3.8, 4) is 5.75 Å². The molecule has 0 fully saturated rings. The molecular formula is C9H7BrClNO4. The van der Waals surface area contributed by atoms with Crippen molar-refractivity contribution in [1.82, 2.24) is 0 Å². The number of Topliss-reactive ketones (excluding diaryl/α,β-unsaturated/α-hetero) is 1. The highest BCUT2D eigenvalue weighted by Crippen LogP contribution is 2.33. The fourth-order valence-corrected chi connectivity index (χ4v) is 1.74. The second kappa shape index (κ2) is 5.27. The first-order valence-electron chi connectivity index (χ1n) is 4.12. The van der Waals surface area contributed by atoms with E-state index in [4.69, 9.17) is 16.3 Å². The number of hydrogen-bond donors (Lipinski definition) is 0. The van der Waals surface area contributed by atoms with Crippen LogP contribution < -0.4 is 4.74 Å². The highest BCUT2D eigenvalue weighted by atomic mass is 79.9. The van der Waals surface area contributed by atoms with Crippen LogP contribution in [0.4, 0.5) is 5.69 Å². The zero-order valence-corrected chi connectivity index (χ0v) is 10.5. The molecule has 0 aliphatic carbocycles. The van der Waals surface area contributed by atoms with Crippen LogP contribution in [-0.2, 0) is 0 Å². The predicted octanol–water partition coefficient (Wildman–Crippen LogP) is 2.83. The Labute approximate surface area is 105 Å². The van der Waals surface area contributed by atoms with Crippen molar-refractivity contribution in [2.75, 3.05) is 12.4 Å². The normalized spacial score (nSPS) is 9.94. The number of halogens is 2. The molecule has 0 saturated carbocycles. The van der Waals surface area contributed by atoms with Gasteiger partial charge in [0.25, 0.3) is 5.69 Å². The standard InChI is InChI=1S/C9H7BrClNO4/c1-16-5-2-6(8(13)4-10)9(12(14)15)7(11)3-5/h2-3H,4H2,1H3. The number of alkyl halides is 1. The van der Waals surface area contributed by atoms with Crippen molar-refractivity contribution in [1.29, 1.82) is 0 Å². The van der Waals surface area contributed by atoms with E-state index in [2.05, 4.69) is 15.9 Å². The van der Waals surface area contributed by atoms with E-state index in [0.29, 0.717) is 5.75 Å². The molecule has 0 saturated heterocycles. The maximum Gasteiger partial charge on any atom is 0.298 e. The number of ether oxygens (including phenoxy) is 1. The lowest BCUT2D eigenvalue weighted by Crippen LogP contribution is -2.06. The first-order valence-corrected chi connectivity index (χ1v) is 5.62. The molecule has 5 nitrogen and oxygen atoms in total. The summed E-state index contributed by atoms with van der Waals surface area (Å²) in [6.45, 7) is 0. The zero-order chi connectivity index (χ0) is 12.3. The smallest absolute Gasteiger partial charge is 0.298 e. The molecule has 0 spiro atoms. The average Bonchev–Trinajstić information content (AvgIpc) is 2.26. The second-order valence-corrected chi connectivity index (χ2v) is 3.79. The minimum absolute atomic E-state index is 0.0165. The first kappa shape index (κ1) is 12.9. The zero-order valence-electron chi connectivity index (χ0n) is 8.20. The minimum Gasteiger partial charge on any atom is -0.497 e. The molecule has 0 aromatic heterocycles. The average molecular weight is 309 g/mol. The van der Waals surface area contributed by atoms with E-state index in [-0.39, 0.29) is 15.9 Å². The number of hydrogen-bond acceptors (Lipinski definition) is 4. The minimum atomic E-state index is -0.683. The number of carbonyl (C=O) groups is 1. The number of methoxy groups -OCH3 is 1. The Kier molecular flexibility index (Phi) is 4.26. The molecule has 0 N–H and O–H groups in total. The van der Waals surface area contributed by atoms with Crippen molar-refractivity contribution in [2.24, 2.45) is 0 Å². The molecule has 0 radical (unpaired) electrons. The Hall–Kier alpha value is -1.14. The van der Waals surface area contributed by atoms with Gasteiger partial charge in [-0.2, -0.15) is 0 Å². The van der Waals surface area contributed by atoms with Gasteiger partial charge < -0.3 is 4.74 Å². The van der Waals surface area contributed by atoms with E-state index in [9.17, 15) is 14.9 Å². The van der Waals surface area contributed by atoms with Crippen LogP contribution in [0.25, 0.3) is 0 Å². The molecule has 1 aromatic carbocycles. The van der Waals surface area contributed by atoms with Gasteiger partial charge in [-0.25, -0.2) is 0 Å². The van der Waals surface area contributed by atoms with Crippen LogP contribution in [0.5, 0.6) is 5.75 Å². The van der Waals surface area contributed by atoms with Gasteiger partial charge in [0.05, 0.1) is 17.4 Å². The molecule has 0 atom stereocenters. The van der Waals surface area contributed by atoms with Crippen LogP contribution in [0.15, 0.2) is 12.1 Å². The van der Waals surface area contributed by atoms with Gasteiger partial charge in [0.15, 0.2) is 5.78 Å². The van der Waals surface area contributed by atoms with Crippen molar-refractivity contribution < 1.29 is 14.5 Å². The number of nitro benzene ring substituents is 1. The lowest BCUT2D eigenvalue weighted by Gasteiger charge is -2.05. The Bertz CT molecular complexity index is 449. The molecule has 0 aliphatic rings. The van der Waals surface area contributed by atoms with E-state index in [1.165, 1.54) is 19.2 Å². The van der Waals surface area contributed by atoms with E-state index in [0.717, 1.165) is 0 Å². The van der Waals surface area contributed by atoms with Gasteiger partial charge in [0, 0.05) is 6.07 Å². The van der Waals surface area contributed by atoms with Gasteiger partial charge >= 0.3 is 0 Å². The lowest BCUT2D eigenvalue weighted by molar-refractivity contribution is -0.385. The van der Waals surface area contributed by atoms with Crippen LogP contribution in [0.1, 0.15) is 10.4 Å². The quantitative estimate of drug-likeness (QED) is 0.371. The van der Waals surface area contributed by atoms with Crippen LogP contribution >= 0.6 is 27.5 Å². The fourth-order valence-electron chi connectivity index (χ4n) is 1.16. The molecule has 86 valence electrons. The topological polar surface area (TPSA) is 69.4 Å². The van der Waals surface area contributed by atoms with E-state index in [1.807, 2.05) is 0 Å². The van der Waals surface area contributed by atoms with Gasteiger partial charge in [0.1, 0.15) is 16.3 Å². The number of nitro groups is 1. The van der Waals surface area contributed by atoms with E-state index >= 15 is 0 Å². The fraction of sp³-hybridized carbons (Fsp3) is 0.222. The van der Waals surface area contributed by atoms with Gasteiger partial charge in [-0.3, -0.25) is 14.9 Å². The molecule has 16 heavy (non-hydrogen) atoms. The summed E-state index contributed by atoms with van der Waals surface area (Å²) < 4.78 is 4.89. The maximum absolute atomic E-state index is 11.5. The van der Waals surface area contributed by atoms with Crippen molar-refractivity contribution in [3.05, 3.63) is 32.8 Å². The van der Waals surface area contributed by atoms with Crippen molar-refractivity contribution in [3.63, 3.8) is 0 Å². The van der Waals surface area contributed by atoms with Gasteiger partial charge in [-0.05, 0) is 6.07 Å². The van der Waals surface area contributed by atoms with Crippen LogP contribution in [0.2, 0.25) is 5.02 Å². The Morgan fingerprint density at radius 2 is 2.25 bits per heavy atom. The van der Waals surface area contributed by atoms with E-state index in [1.54, 1.807) is 0 Å². The molecule has 1 aromatic rings. The van der Waals surface area contributed by atoms with Gasteiger partial charge in [-0.1, -0.05) is 27.5 Å². The summed E-state index contributed by atoms with van der Waals surface area (Å²) in [7, 11) is 1.39. The summed E-state index contributed by atoms with van der Waals surface area (Å²) >= 11 is 8.67. The largest absolute Gasteiger partial charge is 0.497 e. The SMILES string of the molecule is COc1cc(Cl)c([N+](=O)[O-])c(C(=O)CBr)c1.